The zero-order valence-corrected chi connectivity index (χ0v) is 15.7. The van der Waals surface area contributed by atoms with Gasteiger partial charge in [0.2, 0.25) is 11.8 Å². The van der Waals surface area contributed by atoms with Crippen LogP contribution in [-0.4, -0.2) is 35.3 Å². The average Bonchev–Trinajstić information content (AvgIpc) is 3.36. The minimum atomic E-state index is -0.778. The first kappa shape index (κ1) is 18.0. The minimum Gasteiger partial charge on any atom is -0.351 e. The van der Waals surface area contributed by atoms with Crippen LogP contribution in [-0.2, 0) is 16.0 Å². The Bertz CT molecular complexity index is 621. The standard InChI is InChI=1S/C21H30N2O2/c1-20(2,3)22-18(24)21(11-12-21)19(25)23-13-9-17(10-14-23)15-16-7-5-4-6-8-16/h4-8,17H,9-15H2,1-3H3,(H,22,24). The Morgan fingerprint density at radius 2 is 1.72 bits per heavy atom. The molecule has 2 fully saturated rings. The Balaban J connectivity index is 1.54. The number of carbonyl (C=O) groups excluding carboxylic acids is 2. The molecule has 1 N–H and O–H groups in total. The summed E-state index contributed by atoms with van der Waals surface area (Å²) in [5.41, 5.74) is 0.297. The monoisotopic (exact) mass is 342 g/mol. The zero-order valence-electron chi connectivity index (χ0n) is 15.7. The van der Waals surface area contributed by atoms with E-state index in [0.29, 0.717) is 18.8 Å². The fourth-order valence-electron chi connectivity index (χ4n) is 3.71. The molecule has 136 valence electrons. The Labute approximate surface area is 151 Å². The highest BCUT2D eigenvalue weighted by Crippen LogP contribution is 2.48. The Hall–Kier alpha value is -1.84. The Morgan fingerprint density at radius 3 is 2.24 bits per heavy atom. The quantitative estimate of drug-likeness (QED) is 0.855. The van der Waals surface area contributed by atoms with E-state index in [1.165, 1.54) is 5.56 Å². The number of amides is 2. The van der Waals surface area contributed by atoms with Crippen LogP contribution in [0, 0.1) is 11.3 Å². The number of hydrogen-bond acceptors (Lipinski definition) is 2. The summed E-state index contributed by atoms with van der Waals surface area (Å²) < 4.78 is 0. The first-order chi connectivity index (χ1) is 11.8. The van der Waals surface area contributed by atoms with Crippen LogP contribution < -0.4 is 5.32 Å². The molecule has 1 aromatic rings. The fourth-order valence-corrected chi connectivity index (χ4v) is 3.71. The maximum absolute atomic E-state index is 12.9. The van der Waals surface area contributed by atoms with Gasteiger partial charge in [-0.15, -0.1) is 0 Å². The van der Waals surface area contributed by atoms with Crippen LogP contribution in [0.3, 0.4) is 0 Å². The Morgan fingerprint density at radius 1 is 1.12 bits per heavy atom. The van der Waals surface area contributed by atoms with Gasteiger partial charge in [-0.1, -0.05) is 30.3 Å². The van der Waals surface area contributed by atoms with E-state index < -0.39 is 5.41 Å². The summed E-state index contributed by atoms with van der Waals surface area (Å²) in [5, 5.41) is 3.00. The van der Waals surface area contributed by atoms with E-state index >= 15 is 0 Å². The number of benzene rings is 1. The van der Waals surface area contributed by atoms with Crippen LogP contribution in [0.1, 0.15) is 52.0 Å². The van der Waals surface area contributed by atoms with Gasteiger partial charge in [-0.3, -0.25) is 9.59 Å². The molecule has 4 nitrogen and oxygen atoms in total. The average molecular weight is 342 g/mol. The predicted octanol–water partition coefficient (Wildman–Crippen LogP) is 3.16. The number of likely N-dealkylation sites (tertiary alicyclic amines) is 1. The van der Waals surface area contributed by atoms with Crippen LogP contribution in [0.2, 0.25) is 0 Å². The third-order valence-electron chi connectivity index (χ3n) is 5.35. The molecule has 1 heterocycles. The number of hydrogen-bond donors (Lipinski definition) is 1. The molecule has 1 saturated carbocycles. The second-order valence-electron chi connectivity index (χ2n) is 8.71. The normalized spacial score (nSPS) is 20.2. The lowest BCUT2D eigenvalue weighted by Gasteiger charge is -2.35. The van der Waals surface area contributed by atoms with E-state index in [9.17, 15) is 9.59 Å². The van der Waals surface area contributed by atoms with E-state index in [1.54, 1.807) is 0 Å². The molecule has 2 amide bonds. The predicted molar refractivity (Wildman–Crippen MR) is 99.0 cm³/mol. The van der Waals surface area contributed by atoms with E-state index in [2.05, 4.69) is 29.6 Å². The number of nitrogens with zero attached hydrogens (tertiary/aromatic N) is 1. The van der Waals surface area contributed by atoms with Gasteiger partial charge in [-0.25, -0.2) is 0 Å². The summed E-state index contributed by atoms with van der Waals surface area (Å²) in [6, 6.07) is 10.6. The molecular formula is C21H30N2O2. The van der Waals surface area contributed by atoms with Gasteiger partial charge in [0.25, 0.3) is 0 Å². The highest BCUT2D eigenvalue weighted by atomic mass is 16.2. The van der Waals surface area contributed by atoms with Crippen LogP contribution in [0.5, 0.6) is 0 Å². The zero-order chi connectivity index (χ0) is 18.1. The van der Waals surface area contributed by atoms with Gasteiger partial charge in [0.05, 0.1) is 0 Å². The van der Waals surface area contributed by atoms with Crippen molar-refractivity contribution < 1.29 is 9.59 Å². The van der Waals surface area contributed by atoms with E-state index in [0.717, 1.165) is 32.4 Å². The molecule has 0 radical (unpaired) electrons. The molecule has 1 aromatic carbocycles. The van der Waals surface area contributed by atoms with Gasteiger partial charge < -0.3 is 10.2 Å². The highest BCUT2D eigenvalue weighted by molar-refractivity contribution is 6.08. The maximum atomic E-state index is 12.9. The summed E-state index contributed by atoms with van der Waals surface area (Å²) >= 11 is 0. The summed E-state index contributed by atoms with van der Waals surface area (Å²) in [6.07, 6.45) is 4.52. The molecule has 0 aromatic heterocycles. The molecule has 0 spiro atoms. The van der Waals surface area contributed by atoms with Crippen molar-refractivity contribution in [2.75, 3.05) is 13.1 Å². The SMILES string of the molecule is CC(C)(C)NC(=O)C1(C(=O)N2CCC(Cc3ccccc3)CC2)CC1. The van der Waals surface area contributed by atoms with Crippen LogP contribution in [0.15, 0.2) is 30.3 Å². The van der Waals surface area contributed by atoms with Crippen molar-refractivity contribution in [2.24, 2.45) is 11.3 Å². The van der Waals surface area contributed by atoms with E-state index in [4.69, 9.17) is 0 Å². The summed E-state index contributed by atoms with van der Waals surface area (Å²) in [7, 11) is 0. The third kappa shape index (κ3) is 4.23. The van der Waals surface area contributed by atoms with Gasteiger partial charge >= 0.3 is 0 Å². The van der Waals surface area contributed by atoms with Crippen molar-refractivity contribution in [1.29, 1.82) is 0 Å². The lowest BCUT2D eigenvalue weighted by atomic mass is 9.89. The highest BCUT2D eigenvalue weighted by Gasteiger charge is 2.58. The first-order valence-electron chi connectivity index (χ1n) is 9.46. The Kier molecular flexibility index (Phi) is 4.90. The van der Waals surface area contributed by atoms with Crippen molar-refractivity contribution in [1.82, 2.24) is 10.2 Å². The van der Waals surface area contributed by atoms with Gasteiger partial charge in [-0.2, -0.15) is 0 Å². The van der Waals surface area contributed by atoms with Gasteiger partial charge in [-0.05, 0) is 64.4 Å². The summed E-state index contributed by atoms with van der Waals surface area (Å²) in [6.45, 7) is 7.43. The molecular weight excluding hydrogens is 312 g/mol. The van der Waals surface area contributed by atoms with Crippen LogP contribution in [0.4, 0.5) is 0 Å². The maximum Gasteiger partial charge on any atom is 0.238 e. The first-order valence-corrected chi connectivity index (χ1v) is 9.46. The second-order valence-corrected chi connectivity index (χ2v) is 8.71. The van der Waals surface area contributed by atoms with Crippen LogP contribution >= 0.6 is 0 Å². The second kappa shape index (κ2) is 6.81. The van der Waals surface area contributed by atoms with Crippen molar-refractivity contribution in [2.45, 2.75) is 58.4 Å². The van der Waals surface area contributed by atoms with E-state index in [-0.39, 0.29) is 17.4 Å². The van der Waals surface area contributed by atoms with Crippen molar-refractivity contribution in [3.05, 3.63) is 35.9 Å². The van der Waals surface area contributed by atoms with Crippen molar-refractivity contribution >= 4 is 11.8 Å². The fraction of sp³-hybridized carbons (Fsp3) is 0.619. The van der Waals surface area contributed by atoms with Gasteiger partial charge in [0, 0.05) is 18.6 Å². The molecule has 4 heteroatoms. The number of nitrogens with one attached hydrogen (secondary N) is 1. The minimum absolute atomic E-state index is 0.0485. The topological polar surface area (TPSA) is 49.4 Å². The summed E-state index contributed by atoms with van der Waals surface area (Å²) in [4.78, 5) is 27.4. The van der Waals surface area contributed by atoms with Gasteiger partial charge in [0.1, 0.15) is 5.41 Å². The van der Waals surface area contributed by atoms with Gasteiger partial charge in [0.15, 0.2) is 0 Å². The van der Waals surface area contributed by atoms with Crippen molar-refractivity contribution in [3.63, 3.8) is 0 Å². The van der Waals surface area contributed by atoms with E-state index in [1.807, 2.05) is 31.7 Å². The molecule has 0 bridgehead atoms. The molecule has 0 unspecified atom stereocenters. The molecule has 1 aliphatic heterocycles. The molecule has 3 rings (SSSR count). The summed E-state index contributed by atoms with van der Waals surface area (Å²) in [5.74, 6) is 0.592. The number of rotatable bonds is 4. The molecule has 1 saturated heterocycles. The van der Waals surface area contributed by atoms with Crippen molar-refractivity contribution in [3.8, 4) is 0 Å². The largest absolute Gasteiger partial charge is 0.351 e. The number of carbonyl (C=O) groups is 2. The third-order valence-corrected chi connectivity index (χ3v) is 5.35. The van der Waals surface area contributed by atoms with Crippen LogP contribution in [0.25, 0.3) is 0 Å². The lowest BCUT2D eigenvalue weighted by Crippen LogP contribution is -2.51. The smallest absolute Gasteiger partial charge is 0.238 e. The molecule has 1 aliphatic carbocycles. The molecule has 2 aliphatic rings. The lowest BCUT2D eigenvalue weighted by molar-refractivity contribution is -0.145. The molecule has 25 heavy (non-hydrogen) atoms. The molecule has 0 atom stereocenters. The number of piperidine rings is 1.